The minimum Gasteiger partial charge on any atom is -0.489 e. The van der Waals surface area contributed by atoms with Gasteiger partial charge in [0.25, 0.3) is 0 Å². The molecule has 0 fully saturated rings. The van der Waals surface area contributed by atoms with Crippen LogP contribution in [0.5, 0.6) is 5.75 Å². The molecule has 0 heterocycles. The number of carbonyl (C=O) groups is 1. The van der Waals surface area contributed by atoms with Crippen LogP contribution in [0.1, 0.15) is 44.7 Å². The van der Waals surface area contributed by atoms with Crippen molar-refractivity contribution in [1.29, 1.82) is 0 Å². The van der Waals surface area contributed by atoms with E-state index in [1.165, 1.54) is 0 Å². The van der Waals surface area contributed by atoms with Crippen LogP contribution in [0.2, 0.25) is 0 Å². The van der Waals surface area contributed by atoms with E-state index in [-0.39, 0.29) is 5.91 Å². The van der Waals surface area contributed by atoms with E-state index < -0.39 is 0 Å². The predicted molar refractivity (Wildman–Crippen MR) is 102 cm³/mol. The van der Waals surface area contributed by atoms with Gasteiger partial charge in [-0.3, -0.25) is 4.79 Å². The first-order valence-electron chi connectivity index (χ1n) is 9.12. The molecule has 0 saturated carbocycles. The molecule has 3 nitrogen and oxygen atoms in total. The van der Waals surface area contributed by atoms with E-state index in [2.05, 4.69) is 32.0 Å². The number of carbonyl (C=O) groups excluding carboxylic acids is 1. The smallest absolute Gasteiger partial charge is 0.222 e. The van der Waals surface area contributed by atoms with Crippen LogP contribution in [-0.2, 0) is 17.9 Å². The van der Waals surface area contributed by atoms with Crippen molar-refractivity contribution in [3.63, 3.8) is 0 Å². The van der Waals surface area contributed by atoms with Crippen LogP contribution < -0.4 is 4.74 Å². The zero-order valence-electron chi connectivity index (χ0n) is 15.6. The van der Waals surface area contributed by atoms with Crippen molar-refractivity contribution in [2.75, 3.05) is 6.54 Å². The summed E-state index contributed by atoms with van der Waals surface area (Å²) in [6.07, 6.45) is 1.49. The number of nitrogens with zero attached hydrogens (tertiary/aromatic N) is 1. The predicted octanol–water partition coefficient (Wildman–Crippen LogP) is 5.05. The molecular weight excluding hydrogens is 310 g/mol. The zero-order valence-corrected chi connectivity index (χ0v) is 15.6. The Kier molecular flexibility index (Phi) is 7.52. The molecule has 0 spiro atoms. The highest BCUT2D eigenvalue weighted by molar-refractivity contribution is 5.76. The van der Waals surface area contributed by atoms with E-state index in [0.717, 1.165) is 29.8 Å². The Morgan fingerprint density at radius 1 is 1.04 bits per heavy atom. The maximum atomic E-state index is 12.4. The molecule has 0 radical (unpaired) electrons. The summed E-state index contributed by atoms with van der Waals surface area (Å²) in [5, 5.41) is 0. The van der Waals surface area contributed by atoms with E-state index in [1.54, 1.807) is 0 Å². The molecule has 0 N–H and O–H groups in total. The standard InChI is InChI=1S/C22H29NO2/c1-4-9-22(24)23(15-18(2)3)16-20-12-8-13-21(14-20)25-17-19-10-6-5-7-11-19/h5-8,10-14,18H,4,9,15-17H2,1-3H3. The number of benzene rings is 2. The Morgan fingerprint density at radius 3 is 2.44 bits per heavy atom. The second-order valence-corrected chi connectivity index (χ2v) is 6.84. The summed E-state index contributed by atoms with van der Waals surface area (Å²) >= 11 is 0. The fourth-order valence-electron chi connectivity index (χ4n) is 2.76. The third kappa shape index (κ3) is 6.61. The fraction of sp³-hybridized carbons (Fsp3) is 0.409. The van der Waals surface area contributed by atoms with Crippen LogP contribution in [0.3, 0.4) is 0 Å². The highest BCUT2D eigenvalue weighted by Gasteiger charge is 2.14. The Hall–Kier alpha value is -2.29. The lowest BCUT2D eigenvalue weighted by atomic mass is 10.1. The van der Waals surface area contributed by atoms with Gasteiger partial charge in [0.05, 0.1) is 0 Å². The lowest BCUT2D eigenvalue weighted by Crippen LogP contribution is -2.33. The SMILES string of the molecule is CCCC(=O)N(Cc1cccc(OCc2ccccc2)c1)CC(C)C. The van der Waals surface area contributed by atoms with Gasteiger partial charge in [0, 0.05) is 19.5 Å². The second-order valence-electron chi connectivity index (χ2n) is 6.84. The van der Waals surface area contributed by atoms with Gasteiger partial charge in [-0.2, -0.15) is 0 Å². The number of rotatable bonds is 9. The number of ether oxygens (including phenoxy) is 1. The van der Waals surface area contributed by atoms with Gasteiger partial charge < -0.3 is 9.64 Å². The van der Waals surface area contributed by atoms with Crippen LogP contribution in [0.25, 0.3) is 0 Å². The second kappa shape index (κ2) is 9.87. The van der Waals surface area contributed by atoms with Gasteiger partial charge in [-0.15, -0.1) is 0 Å². The van der Waals surface area contributed by atoms with Crippen LogP contribution in [0, 0.1) is 5.92 Å². The summed E-state index contributed by atoms with van der Waals surface area (Å²) in [4.78, 5) is 14.3. The van der Waals surface area contributed by atoms with E-state index in [1.807, 2.05) is 48.2 Å². The van der Waals surface area contributed by atoms with Crippen molar-refractivity contribution >= 4 is 5.91 Å². The van der Waals surface area contributed by atoms with E-state index in [0.29, 0.717) is 25.5 Å². The third-order valence-corrected chi connectivity index (χ3v) is 3.92. The minimum absolute atomic E-state index is 0.229. The average molecular weight is 339 g/mol. The summed E-state index contributed by atoms with van der Waals surface area (Å²) in [5.41, 5.74) is 2.25. The molecule has 2 rings (SSSR count). The van der Waals surface area contributed by atoms with Crippen molar-refractivity contribution in [3.8, 4) is 5.75 Å². The molecule has 0 aromatic heterocycles. The molecule has 0 aliphatic rings. The summed E-state index contributed by atoms with van der Waals surface area (Å²) in [6, 6.07) is 18.2. The first kappa shape index (κ1) is 19.0. The van der Waals surface area contributed by atoms with Gasteiger partial charge in [-0.05, 0) is 35.6 Å². The summed E-state index contributed by atoms with van der Waals surface area (Å²) < 4.78 is 5.90. The first-order valence-corrected chi connectivity index (χ1v) is 9.12. The van der Waals surface area contributed by atoms with Gasteiger partial charge in [0.2, 0.25) is 5.91 Å². The van der Waals surface area contributed by atoms with Crippen molar-refractivity contribution < 1.29 is 9.53 Å². The normalized spacial score (nSPS) is 10.7. The quantitative estimate of drug-likeness (QED) is 0.640. The largest absolute Gasteiger partial charge is 0.489 e. The van der Waals surface area contributed by atoms with Crippen LogP contribution in [0.4, 0.5) is 0 Å². The van der Waals surface area contributed by atoms with Gasteiger partial charge in [-0.25, -0.2) is 0 Å². The summed E-state index contributed by atoms with van der Waals surface area (Å²) in [7, 11) is 0. The summed E-state index contributed by atoms with van der Waals surface area (Å²) in [6.45, 7) is 8.31. The molecule has 3 heteroatoms. The molecule has 0 saturated heterocycles. The molecular formula is C22H29NO2. The van der Waals surface area contributed by atoms with Gasteiger partial charge >= 0.3 is 0 Å². The number of hydrogen-bond donors (Lipinski definition) is 0. The first-order chi connectivity index (χ1) is 12.1. The van der Waals surface area contributed by atoms with Crippen molar-refractivity contribution in [3.05, 3.63) is 65.7 Å². The van der Waals surface area contributed by atoms with Crippen molar-refractivity contribution in [1.82, 2.24) is 4.90 Å². The maximum absolute atomic E-state index is 12.4. The number of amides is 1. The highest BCUT2D eigenvalue weighted by atomic mass is 16.5. The van der Waals surface area contributed by atoms with E-state index >= 15 is 0 Å². The lowest BCUT2D eigenvalue weighted by molar-refractivity contribution is -0.132. The Labute approximate surface area is 151 Å². The molecule has 134 valence electrons. The van der Waals surface area contributed by atoms with Crippen LogP contribution >= 0.6 is 0 Å². The molecule has 2 aromatic rings. The van der Waals surface area contributed by atoms with E-state index in [9.17, 15) is 4.79 Å². The molecule has 0 aliphatic heterocycles. The monoisotopic (exact) mass is 339 g/mol. The Bertz CT molecular complexity index is 652. The highest BCUT2D eigenvalue weighted by Crippen LogP contribution is 2.18. The van der Waals surface area contributed by atoms with Gasteiger partial charge in [0.1, 0.15) is 12.4 Å². The molecule has 0 atom stereocenters. The summed E-state index contributed by atoms with van der Waals surface area (Å²) in [5.74, 6) is 1.53. The molecule has 1 amide bonds. The molecule has 0 unspecified atom stereocenters. The van der Waals surface area contributed by atoms with Crippen LogP contribution in [-0.4, -0.2) is 17.4 Å². The number of hydrogen-bond acceptors (Lipinski definition) is 2. The Morgan fingerprint density at radius 2 is 1.76 bits per heavy atom. The average Bonchev–Trinajstić information content (AvgIpc) is 2.60. The van der Waals surface area contributed by atoms with Crippen molar-refractivity contribution in [2.24, 2.45) is 5.92 Å². The maximum Gasteiger partial charge on any atom is 0.222 e. The van der Waals surface area contributed by atoms with Crippen molar-refractivity contribution in [2.45, 2.75) is 46.8 Å². The molecule has 0 bridgehead atoms. The van der Waals surface area contributed by atoms with Crippen LogP contribution in [0.15, 0.2) is 54.6 Å². The molecule has 25 heavy (non-hydrogen) atoms. The lowest BCUT2D eigenvalue weighted by Gasteiger charge is -2.25. The molecule has 2 aromatic carbocycles. The van der Waals surface area contributed by atoms with Gasteiger partial charge in [0.15, 0.2) is 0 Å². The minimum atomic E-state index is 0.229. The third-order valence-electron chi connectivity index (χ3n) is 3.92. The zero-order chi connectivity index (χ0) is 18.1. The Balaban J connectivity index is 2.01. The fourth-order valence-corrected chi connectivity index (χ4v) is 2.76. The van der Waals surface area contributed by atoms with E-state index in [4.69, 9.17) is 4.74 Å². The molecule has 0 aliphatic carbocycles. The van der Waals surface area contributed by atoms with Gasteiger partial charge in [-0.1, -0.05) is 63.2 Å². The topological polar surface area (TPSA) is 29.5 Å².